The van der Waals surface area contributed by atoms with Crippen LogP contribution in [0.3, 0.4) is 0 Å². The Hall–Kier alpha value is -2.65. The number of hydrogen-bond donors (Lipinski definition) is 1. The number of thioether (sulfide) groups is 1. The first kappa shape index (κ1) is 16.2. The fourth-order valence-corrected chi connectivity index (χ4v) is 3.27. The van der Waals surface area contributed by atoms with Crippen molar-refractivity contribution < 1.29 is 9.34 Å². The molecule has 2 heterocycles. The van der Waals surface area contributed by atoms with Crippen molar-refractivity contribution in [3.05, 3.63) is 69.3 Å². The van der Waals surface area contributed by atoms with Gasteiger partial charge in [-0.1, -0.05) is 53.4 Å². The molecule has 0 spiro atoms. The van der Waals surface area contributed by atoms with E-state index in [0.29, 0.717) is 12.3 Å². The summed E-state index contributed by atoms with van der Waals surface area (Å²) in [4.78, 5) is 9.97. The van der Waals surface area contributed by atoms with E-state index in [-0.39, 0.29) is 5.88 Å². The van der Waals surface area contributed by atoms with Gasteiger partial charge < -0.3 is 9.73 Å². The molecule has 0 amide bonds. The van der Waals surface area contributed by atoms with E-state index in [4.69, 9.17) is 4.42 Å². The normalized spacial score (nSPS) is 11.0. The van der Waals surface area contributed by atoms with Gasteiger partial charge in [0.1, 0.15) is 10.7 Å². The van der Waals surface area contributed by atoms with Crippen molar-refractivity contribution in [1.82, 2.24) is 10.2 Å². The Morgan fingerprint density at radius 2 is 2.08 bits per heavy atom. The van der Waals surface area contributed by atoms with Crippen LogP contribution in [0.25, 0.3) is 6.08 Å². The summed E-state index contributed by atoms with van der Waals surface area (Å²) in [5.41, 5.74) is 1.17. The monoisotopic (exact) mass is 360 g/mol. The van der Waals surface area contributed by atoms with Gasteiger partial charge in [-0.25, -0.2) is 0 Å². The summed E-state index contributed by atoms with van der Waals surface area (Å²) in [6.07, 6.45) is 1.65. The summed E-state index contributed by atoms with van der Waals surface area (Å²) in [5, 5.41) is 24.4. The fraction of sp³-hybridized carbons (Fsp3) is 0.0667. The highest BCUT2D eigenvalue weighted by molar-refractivity contribution is 8.03. The summed E-state index contributed by atoms with van der Waals surface area (Å²) < 4.78 is 5.80. The van der Waals surface area contributed by atoms with Crippen LogP contribution in [0.1, 0.15) is 11.3 Å². The molecule has 122 valence electrons. The third-order valence-electron chi connectivity index (χ3n) is 2.89. The first-order valence-electron chi connectivity index (χ1n) is 6.89. The summed E-state index contributed by atoms with van der Waals surface area (Å²) in [5.74, 6) is 0.143. The first-order chi connectivity index (χ1) is 11.7. The summed E-state index contributed by atoms with van der Waals surface area (Å²) in [7, 11) is 0. The molecule has 0 saturated carbocycles. The fourth-order valence-electron chi connectivity index (χ4n) is 1.79. The summed E-state index contributed by atoms with van der Waals surface area (Å²) >= 11 is 2.81. The topological polar surface area (TPSA) is 94.1 Å². The van der Waals surface area contributed by atoms with Gasteiger partial charge >= 0.3 is 5.88 Å². The number of aromatic nitrogens is 2. The Labute approximate surface area is 145 Å². The zero-order chi connectivity index (χ0) is 16.8. The second-order valence-corrected chi connectivity index (χ2v) is 6.70. The van der Waals surface area contributed by atoms with Crippen LogP contribution in [0.15, 0.2) is 56.6 Å². The number of nitrogens with one attached hydrogen (secondary N) is 1. The standard InChI is InChI=1S/C15H12N4O3S2/c20-19(21)13-7-6-12(22-13)8-9-23-15-18-17-14(24-15)16-10-11-4-2-1-3-5-11/h1-9H,10H2,(H,16,17)/b9-8+. The average Bonchev–Trinajstić information content (AvgIpc) is 3.24. The predicted molar refractivity (Wildman–Crippen MR) is 93.9 cm³/mol. The second kappa shape index (κ2) is 7.75. The molecule has 0 aliphatic rings. The minimum absolute atomic E-state index is 0.275. The molecule has 1 N–H and O–H groups in total. The van der Waals surface area contributed by atoms with Crippen molar-refractivity contribution in [1.29, 1.82) is 0 Å². The molecule has 0 aliphatic carbocycles. The van der Waals surface area contributed by atoms with E-state index in [9.17, 15) is 10.1 Å². The molecule has 0 radical (unpaired) electrons. The lowest BCUT2D eigenvalue weighted by molar-refractivity contribution is -0.402. The lowest BCUT2D eigenvalue weighted by atomic mass is 10.2. The Balaban J connectivity index is 1.52. The molecule has 0 atom stereocenters. The lowest BCUT2D eigenvalue weighted by Gasteiger charge is -2.00. The molecule has 1 aromatic carbocycles. The molecule has 7 nitrogen and oxygen atoms in total. The van der Waals surface area contributed by atoms with Crippen LogP contribution in [0.2, 0.25) is 0 Å². The van der Waals surface area contributed by atoms with Crippen molar-refractivity contribution in [2.45, 2.75) is 10.9 Å². The Bertz CT molecular complexity index is 845. The minimum atomic E-state index is -0.570. The zero-order valence-electron chi connectivity index (χ0n) is 12.3. The van der Waals surface area contributed by atoms with E-state index < -0.39 is 4.92 Å². The number of hydrogen-bond acceptors (Lipinski definition) is 8. The van der Waals surface area contributed by atoms with Crippen LogP contribution in [0, 0.1) is 10.1 Å². The smallest absolute Gasteiger partial charge is 0.401 e. The van der Waals surface area contributed by atoms with Gasteiger partial charge in [0.2, 0.25) is 5.13 Å². The van der Waals surface area contributed by atoms with E-state index in [1.54, 1.807) is 17.6 Å². The van der Waals surface area contributed by atoms with Crippen molar-refractivity contribution in [3.8, 4) is 0 Å². The van der Waals surface area contributed by atoms with Gasteiger partial charge in [0.15, 0.2) is 4.34 Å². The van der Waals surface area contributed by atoms with E-state index in [1.807, 2.05) is 30.3 Å². The van der Waals surface area contributed by atoms with Crippen LogP contribution in [0.4, 0.5) is 11.0 Å². The molecule has 3 aromatic rings. The van der Waals surface area contributed by atoms with E-state index in [0.717, 1.165) is 9.47 Å². The van der Waals surface area contributed by atoms with Gasteiger partial charge in [0, 0.05) is 6.54 Å². The highest BCUT2D eigenvalue weighted by atomic mass is 32.2. The van der Waals surface area contributed by atoms with Crippen molar-refractivity contribution in [3.63, 3.8) is 0 Å². The van der Waals surface area contributed by atoms with Gasteiger partial charge in [0.25, 0.3) is 0 Å². The van der Waals surface area contributed by atoms with Gasteiger partial charge in [0.05, 0.1) is 6.07 Å². The molecule has 9 heteroatoms. The average molecular weight is 360 g/mol. The maximum absolute atomic E-state index is 10.5. The van der Waals surface area contributed by atoms with Gasteiger partial charge in [-0.3, -0.25) is 10.1 Å². The molecule has 2 aromatic heterocycles. The number of rotatable bonds is 7. The van der Waals surface area contributed by atoms with E-state index >= 15 is 0 Å². The van der Waals surface area contributed by atoms with Gasteiger partial charge in [-0.05, 0) is 23.1 Å². The number of benzene rings is 1. The quantitative estimate of drug-likeness (QED) is 0.379. The first-order valence-corrected chi connectivity index (χ1v) is 8.59. The zero-order valence-corrected chi connectivity index (χ0v) is 13.9. The van der Waals surface area contributed by atoms with Gasteiger partial charge in [-0.15, -0.1) is 10.2 Å². The number of furan rings is 1. The molecular formula is C15H12N4O3S2. The summed E-state index contributed by atoms with van der Waals surface area (Å²) in [6.45, 7) is 0.687. The molecule has 0 saturated heterocycles. The van der Waals surface area contributed by atoms with Crippen LogP contribution in [-0.2, 0) is 6.54 Å². The summed E-state index contributed by atoms with van der Waals surface area (Å²) in [6, 6.07) is 12.9. The van der Waals surface area contributed by atoms with Crippen LogP contribution < -0.4 is 5.32 Å². The number of nitrogens with zero attached hydrogens (tertiary/aromatic N) is 3. The molecule has 0 unspecified atom stereocenters. The van der Waals surface area contributed by atoms with Crippen LogP contribution in [-0.4, -0.2) is 15.1 Å². The van der Waals surface area contributed by atoms with Gasteiger partial charge in [-0.2, -0.15) is 0 Å². The molecule has 0 aliphatic heterocycles. The van der Waals surface area contributed by atoms with Crippen LogP contribution in [0.5, 0.6) is 0 Å². The minimum Gasteiger partial charge on any atom is -0.401 e. The third kappa shape index (κ3) is 4.43. The van der Waals surface area contributed by atoms with Crippen molar-refractivity contribution in [2.24, 2.45) is 0 Å². The van der Waals surface area contributed by atoms with Crippen LogP contribution >= 0.6 is 23.1 Å². The molecular weight excluding hydrogens is 348 g/mol. The Morgan fingerprint density at radius 1 is 1.25 bits per heavy atom. The molecule has 0 fully saturated rings. The highest BCUT2D eigenvalue weighted by Gasteiger charge is 2.10. The Morgan fingerprint density at radius 3 is 2.83 bits per heavy atom. The van der Waals surface area contributed by atoms with E-state index in [1.165, 1.54) is 34.7 Å². The maximum Gasteiger partial charge on any atom is 0.433 e. The molecule has 3 rings (SSSR count). The van der Waals surface area contributed by atoms with Crippen molar-refractivity contribution in [2.75, 3.05) is 5.32 Å². The second-order valence-electron chi connectivity index (χ2n) is 4.57. The number of nitro groups is 1. The number of anilines is 1. The van der Waals surface area contributed by atoms with E-state index in [2.05, 4.69) is 15.5 Å². The molecule has 0 bridgehead atoms. The maximum atomic E-state index is 10.5. The molecule has 24 heavy (non-hydrogen) atoms. The van der Waals surface area contributed by atoms with Crippen molar-refractivity contribution >= 4 is 40.2 Å². The highest BCUT2D eigenvalue weighted by Crippen LogP contribution is 2.27. The Kier molecular flexibility index (Phi) is 5.24. The third-order valence-corrected chi connectivity index (χ3v) is 4.66. The SMILES string of the molecule is O=[N+]([O-])c1ccc(/C=C/Sc2nnc(NCc3ccccc3)s2)o1. The largest absolute Gasteiger partial charge is 0.433 e. The lowest BCUT2D eigenvalue weighted by Crippen LogP contribution is -1.98. The predicted octanol–water partition coefficient (Wildman–Crippen LogP) is 4.41.